The Bertz CT molecular complexity index is 833. The van der Waals surface area contributed by atoms with E-state index < -0.39 is 5.97 Å². The predicted molar refractivity (Wildman–Crippen MR) is 81.4 cm³/mol. The maximum Gasteiger partial charge on any atom is 0.339 e. The van der Waals surface area contributed by atoms with Crippen LogP contribution < -0.4 is 0 Å². The summed E-state index contributed by atoms with van der Waals surface area (Å²) in [7, 11) is 0. The van der Waals surface area contributed by atoms with E-state index in [1.54, 1.807) is 13.8 Å². The molecule has 0 saturated heterocycles. The molecule has 1 heterocycles. The zero-order chi connectivity index (χ0) is 15.0. The lowest BCUT2D eigenvalue weighted by Gasteiger charge is -2.08. The molecule has 0 spiro atoms. The highest BCUT2D eigenvalue weighted by molar-refractivity contribution is 5.90. The average Bonchev–Trinajstić information content (AvgIpc) is 2.45. The molecule has 0 saturated carbocycles. The van der Waals surface area contributed by atoms with Crippen molar-refractivity contribution in [3.05, 3.63) is 59.4 Å². The molecule has 0 atom stereocenters. The van der Waals surface area contributed by atoms with Gasteiger partial charge in [-0.2, -0.15) is 0 Å². The molecule has 4 heteroatoms. The van der Waals surface area contributed by atoms with Gasteiger partial charge in [-0.3, -0.25) is 0 Å². The quantitative estimate of drug-likeness (QED) is 0.777. The molecule has 0 aliphatic heterocycles. The summed E-state index contributed by atoms with van der Waals surface area (Å²) in [6.45, 7) is 3.39. The van der Waals surface area contributed by atoms with E-state index in [1.165, 1.54) is 0 Å². The second kappa shape index (κ2) is 4.98. The average molecular weight is 278 g/mol. The molecule has 0 radical (unpaired) electrons. The number of aryl methyl sites for hydroxylation is 2. The molecular formula is C17H14N2O2. The van der Waals surface area contributed by atoms with Crippen molar-refractivity contribution in [1.29, 1.82) is 0 Å². The van der Waals surface area contributed by atoms with Crippen LogP contribution in [0, 0.1) is 13.8 Å². The zero-order valence-corrected chi connectivity index (χ0v) is 11.8. The number of carboxylic acid groups (broad SMARTS) is 1. The Kier molecular flexibility index (Phi) is 3.14. The summed E-state index contributed by atoms with van der Waals surface area (Å²) >= 11 is 0. The van der Waals surface area contributed by atoms with Crippen LogP contribution >= 0.6 is 0 Å². The van der Waals surface area contributed by atoms with Gasteiger partial charge in [0, 0.05) is 5.56 Å². The molecule has 3 aromatic rings. The van der Waals surface area contributed by atoms with Gasteiger partial charge in [-0.1, -0.05) is 36.4 Å². The molecule has 4 nitrogen and oxygen atoms in total. The molecule has 0 amide bonds. The number of carbonyl (C=O) groups is 1. The van der Waals surface area contributed by atoms with E-state index in [4.69, 9.17) is 5.11 Å². The van der Waals surface area contributed by atoms with Crippen molar-refractivity contribution in [1.82, 2.24) is 9.97 Å². The summed E-state index contributed by atoms with van der Waals surface area (Å²) in [6.07, 6.45) is 0. The van der Waals surface area contributed by atoms with Gasteiger partial charge >= 0.3 is 5.97 Å². The smallest absolute Gasteiger partial charge is 0.339 e. The van der Waals surface area contributed by atoms with Gasteiger partial charge < -0.3 is 5.11 Å². The molecule has 0 aliphatic rings. The van der Waals surface area contributed by atoms with Crippen LogP contribution in [0.15, 0.2) is 42.5 Å². The number of rotatable bonds is 2. The highest BCUT2D eigenvalue weighted by atomic mass is 16.4. The van der Waals surface area contributed by atoms with Crippen LogP contribution in [0.25, 0.3) is 22.2 Å². The van der Waals surface area contributed by atoms with Crippen LogP contribution in [-0.2, 0) is 0 Å². The van der Waals surface area contributed by atoms with E-state index in [0.717, 1.165) is 16.3 Å². The standard InChI is InChI=1S/C17H14N2O2/c1-10-15(17(20)21)11(2)19-16(18-10)14-8-7-12-5-3-4-6-13(12)9-14/h3-9H,1-2H3,(H,20,21). The van der Waals surface area contributed by atoms with Crippen molar-refractivity contribution in [2.24, 2.45) is 0 Å². The number of carboxylic acids is 1. The van der Waals surface area contributed by atoms with E-state index in [9.17, 15) is 4.79 Å². The molecule has 1 N–H and O–H groups in total. The summed E-state index contributed by atoms with van der Waals surface area (Å²) in [5.74, 6) is -0.434. The Balaban J connectivity index is 2.16. The van der Waals surface area contributed by atoms with E-state index in [1.807, 2.05) is 42.5 Å². The lowest BCUT2D eigenvalue weighted by molar-refractivity contribution is 0.0694. The SMILES string of the molecule is Cc1nc(-c2ccc3ccccc3c2)nc(C)c1C(=O)O. The summed E-state index contributed by atoms with van der Waals surface area (Å²) in [5, 5.41) is 11.4. The Morgan fingerprint density at radius 2 is 1.57 bits per heavy atom. The lowest BCUT2D eigenvalue weighted by Crippen LogP contribution is -2.08. The second-order valence-electron chi connectivity index (χ2n) is 4.96. The molecule has 2 aromatic carbocycles. The molecule has 0 fully saturated rings. The third-order valence-electron chi connectivity index (χ3n) is 3.49. The Labute approximate surface area is 122 Å². The van der Waals surface area contributed by atoms with Gasteiger partial charge in [-0.25, -0.2) is 14.8 Å². The number of hydrogen-bond acceptors (Lipinski definition) is 3. The van der Waals surface area contributed by atoms with E-state index in [0.29, 0.717) is 17.2 Å². The number of hydrogen-bond donors (Lipinski definition) is 1. The maximum atomic E-state index is 11.2. The largest absolute Gasteiger partial charge is 0.478 e. The third kappa shape index (κ3) is 2.36. The first-order chi connectivity index (χ1) is 10.1. The van der Waals surface area contributed by atoms with Crippen LogP contribution in [0.2, 0.25) is 0 Å². The van der Waals surface area contributed by atoms with E-state index in [-0.39, 0.29) is 5.56 Å². The normalized spacial score (nSPS) is 10.8. The minimum Gasteiger partial charge on any atom is -0.478 e. The summed E-state index contributed by atoms with van der Waals surface area (Å²) in [5.41, 5.74) is 2.03. The first kappa shape index (κ1) is 13.2. The molecule has 0 bridgehead atoms. The minimum absolute atomic E-state index is 0.180. The highest BCUT2D eigenvalue weighted by Gasteiger charge is 2.15. The van der Waals surface area contributed by atoms with E-state index >= 15 is 0 Å². The van der Waals surface area contributed by atoms with Crippen LogP contribution in [0.5, 0.6) is 0 Å². The lowest BCUT2D eigenvalue weighted by atomic mass is 10.1. The van der Waals surface area contributed by atoms with E-state index in [2.05, 4.69) is 9.97 Å². The molecule has 3 rings (SSSR count). The van der Waals surface area contributed by atoms with Crippen molar-refractivity contribution >= 4 is 16.7 Å². The fraction of sp³-hybridized carbons (Fsp3) is 0.118. The topological polar surface area (TPSA) is 63.1 Å². The van der Waals surface area contributed by atoms with Gasteiger partial charge in [0.1, 0.15) is 5.56 Å². The van der Waals surface area contributed by atoms with Gasteiger partial charge in [0.2, 0.25) is 0 Å². The van der Waals surface area contributed by atoms with Crippen molar-refractivity contribution in [3.63, 3.8) is 0 Å². The molecule has 1 aromatic heterocycles. The van der Waals surface area contributed by atoms with Crippen LogP contribution in [0.3, 0.4) is 0 Å². The Morgan fingerprint density at radius 3 is 2.19 bits per heavy atom. The molecule has 0 aliphatic carbocycles. The van der Waals surface area contributed by atoms with Crippen molar-refractivity contribution in [2.75, 3.05) is 0 Å². The molecule has 104 valence electrons. The van der Waals surface area contributed by atoms with Crippen molar-refractivity contribution < 1.29 is 9.90 Å². The Hall–Kier alpha value is -2.75. The van der Waals surface area contributed by atoms with Gasteiger partial charge in [0.15, 0.2) is 5.82 Å². The maximum absolute atomic E-state index is 11.2. The number of aromatic nitrogens is 2. The Morgan fingerprint density at radius 1 is 0.952 bits per heavy atom. The van der Waals surface area contributed by atoms with Crippen molar-refractivity contribution in [2.45, 2.75) is 13.8 Å². The number of benzene rings is 2. The summed E-state index contributed by atoms with van der Waals surface area (Å²) in [4.78, 5) is 19.9. The van der Waals surface area contributed by atoms with Gasteiger partial charge in [0.25, 0.3) is 0 Å². The third-order valence-corrected chi connectivity index (χ3v) is 3.49. The number of nitrogens with zero attached hydrogens (tertiary/aromatic N) is 2. The van der Waals surface area contributed by atoms with Crippen molar-refractivity contribution in [3.8, 4) is 11.4 Å². The minimum atomic E-state index is -0.991. The first-order valence-corrected chi connectivity index (χ1v) is 6.64. The highest BCUT2D eigenvalue weighted by Crippen LogP contribution is 2.23. The molecular weight excluding hydrogens is 264 g/mol. The van der Waals surface area contributed by atoms with Gasteiger partial charge in [-0.05, 0) is 30.7 Å². The molecule has 0 unspecified atom stereocenters. The fourth-order valence-corrected chi connectivity index (χ4v) is 2.48. The second-order valence-corrected chi connectivity index (χ2v) is 4.96. The molecule has 21 heavy (non-hydrogen) atoms. The fourth-order valence-electron chi connectivity index (χ4n) is 2.48. The van der Waals surface area contributed by atoms with Crippen LogP contribution in [-0.4, -0.2) is 21.0 Å². The number of aromatic carboxylic acids is 1. The van der Waals surface area contributed by atoms with Crippen LogP contribution in [0.4, 0.5) is 0 Å². The summed E-state index contributed by atoms with van der Waals surface area (Å²) < 4.78 is 0. The van der Waals surface area contributed by atoms with Crippen LogP contribution in [0.1, 0.15) is 21.7 Å². The summed E-state index contributed by atoms with van der Waals surface area (Å²) in [6, 6.07) is 14.0. The first-order valence-electron chi connectivity index (χ1n) is 6.64. The monoisotopic (exact) mass is 278 g/mol. The zero-order valence-electron chi connectivity index (χ0n) is 11.8. The van der Waals surface area contributed by atoms with Gasteiger partial charge in [0.05, 0.1) is 11.4 Å². The predicted octanol–water partition coefficient (Wildman–Crippen LogP) is 3.61. The van der Waals surface area contributed by atoms with Gasteiger partial charge in [-0.15, -0.1) is 0 Å². The number of fused-ring (bicyclic) bond motifs is 1.